The van der Waals surface area contributed by atoms with Gasteiger partial charge in [-0.1, -0.05) is 18.2 Å². The zero-order valence-electron chi connectivity index (χ0n) is 10.7. The quantitative estimate of drug-likeness (QED) is 0.673. The van der Waals surface area contributed by atoms with E-state index in [1.165, 1.54) is 30.3 Å². The van der Waals surface area contributed by atoms with Crippen LogP contribution in [0.2, 0.25) is 0 Å². The van der Waals surface area contributed by atoms with Crippen LogP contribution in [-0.4, -0.2) is 9.85 Å². The van der Waals surface area contributed by atoms with E-state index in [4.69, 9.17) is 0 Å². The third-order valence-electron chi connectivity index (χ3n) is 2.77. The van der Waals surface area contributed by atoms with Gasteiger partial charge < -0.3 is 5.32 Å². The standard InChI is InChI=1S/C13H10FN3O4/c14-11-5-2-6-12(13(11)17(20)21)15-8-9-3-1-4-10(7-9)16(18)19/h1-7,15H,8H2. The Hall–Kier alpha value is -3.03. The molecular weight excluding hydrogens is 281 g/mol. The van der Waals surface area contributed by atoms with Gasteiger partial charge in [-0.25, -0.2) is 0 Å². The zero-order valence-corrected chi connectivity index (χ0v) is 10.7. The second-order valence-electron chi connectivity index (χ2n) is 4.17. The van der Waals surface area contributed by atoms with Crippen LogP contribution in [0.5, 0.6) is 0 Å². The monoisotopic (exact) mass is 291 g/mol. The van der Waals surface area contributed by atoms with Crippen LogP contribution in [0.15, 0.2) is 42.5 Å². The Morgan fingerprint density at radius 2 is 1.76 bits per heavy atom. The fraction of sp³-hybridized carbons (Fsp3) is 0.0769. The van der Waals surface area contributed by atoms with Crippen LogP contribution in [0, 0.1) is 26.0 Å². The number of nitrogens with one attached hydrogen (secondary N) is 1. The van der Waals surface area contributed by atoms with Gasteiger partial charge in [0.15, 0.2) is 0 Å². The number of non-ortho nitro benzene ring substituents is 1. The molecule has 7 nitrogen and oxygen atoms in total. The number of nitro benzene ring substituents is 2. The number of rotatable bonds is 5. The second-order valence-corrected chi connectivity index (χ2v) is 4.17. The summed E-state index contributed by atoms with van der Waals surface area (Å²) in [6, 6.07) is 9.54. The van der Waals surface area contributed by atoms with Gasteiger partial charge in [-0.05, 0) is 17.7 Å². The van der Waals surface area contributed by atoms with Gasteiger partial charge >= 0.3 is 5.69 Å². The van der Waals surface area contributed by atoms with E-state index in [0.717, 1.165) is 6.07 Å². The van der Waals surface area contributed by atoms with Crippen molar-refractivity contribution < 1.29 is 14.2 Å². The SMILES string of the molecule is O=[N+]([O-])c1cccc(CNc2cccc(F)c2[N+](=O)[O-])c1. The molecule has 0 saturated carbocycles. The second kappa shape index (κ2) is 5.95. The lowest BCUT2D eigenvalue weighted by Gasteiger charge is -2.07. The first-order chi connectivity index (χ1) is 9.99. The maximum Gasteiger partial charge on any atom is 0.327 e. The number of halogens is 1. The normalized spacial score (nSPS) is 10.1. The first-order valence-electron chi connectivity index (χ1n) is 5.89. The van der Waals surface area contributed by atoms with Gasteiger partial charge in [-0.3, -0.25) is 20.2 Å². The number of benzene rings is 2. The number of nitrogens with zero attached hydrogens (tertiary/aromatic N) is 2. The summed E-state index contributed by atoms with van der Waals surface area (Å²) in [6.45, 7) is 0.103. The highest BCUT2D eigenvalue weighted by Crippen LogP contribution is 2.27. The van der Waals surface area contributed by atoms with Crippen molar-refractivity contribution in [3.05, 3.63) is 74.1 Å². The van der Waals surface area contributed by atoms with Gasteiger partial charge in [0.05, 0.1) is 9.85 Å². The van der Waals surface area contributed by atoms with E-state index in [-0.39, 0.29) is 17.9 Å². The number of nitro groups is 2. The minimum atomic E-state index is -0.941. The lowest BCUT2D eigenvalue weighted by Crippen LogP contribution is -2.04. The molecule has 108 valence electrons. The van der Waals surface area contributed by atoms with Crippen LogP contribution in [-0.2, 0) is 6.54 Å². The largest absolute Gasteiger partial charge is 0.375 e. The van der Waals surface area contributed by atoms with Crippen molar-refractivity contribution in [2.75, 3.05) is 5.32 Å². The van der Waals surface area contributed by atoms with E-state index in [1.807, 2.05) is 0 Å². The molecule has 0 fully saturated rings. The summed E-state index contributed by atoms with van der Waals surface area (Å²) in [4.78, 5) is 20.1. The summed E-state index contributed by atoms with van der Waals surface area (Å²) in [7, 11) is 0. The first kappa shape index (κ1) is 14.4. The molecule has 0 radical (unpaired) electrons. The molecule has 21 heavy (non-hydrogen) atoms. The van der Waals surface area contributed by atoms with Gasteiger partial charge in [0.2, 0.25) is 5.82 Å². The number of hydrogen-bond donors (Lipinski definition) is 1. The average molecular weight is 291 g/mol. The molecule has 2 aromatic carbocycles. The Morgan fingerprint density at radius 3 is 2.43 bits per heavy atom. The summed E-state index contributed by atoms with van der Waals surface area (Å²) in [5.74, 6) is -0.941. The Balaban J connectivity index is 2.21. The Labute approximate surface area is 118 Å². The van der Waals surface area contributed by atoms with Crippen molar-refractivity contribution in [3.63, 3.8) is 0 Å². The molecule has 0 aromatic heterocycles. The first-order valence-corrected chi connectivity index (χ1v) is 5.89. The molecule has 0 heterocycles. The lowest BCUT2D eigenvalue weighted by atomic mass is 10.2. The summed E-state index contributed by atoms with van der Waals surface area (Å²) in [5.41, 5.74) is -0.153. The Kier molecular flexibility index (Phi) is 4.07. The highest BCUT2D eigenvalue weighted by molar-refractivity contribution is 5.62. The molecule has 0 unspecified atom stereocenters. The topological polar surface area (TPSA) is 98.3 Å². The lowest BCUT2D eigenvalue weighted by molar-refractivity contribution is -0.386. The highest BCUT2D eigenvalue weighted by atomic mass is 19.1. The van der Waals surface area contributed by atoms with Crippen molar-refractivity contribution in [1.29, 1.82) is 0 Å². The molecule has 0 aliphatic heterocycles. The summed E-state index contributed by atoms with van der Waals surface area (Å²) in [5, 5.41) is 24.2. The summed E-state index contributed by atoms with van der Waals surface area (Å²) >= 11 is 0. The molecule has 0 atom stereocenters. The van der Waals surface area contributed by atoms with Crippen molar-refractivity contribution in [1.82, 2.24) is 0 Å². The van der Waals surface area contributed by atoms with Crippen molar-refractivity contribution in [2.45, 2.75) is 6.54 Å². The van der Waals surface area contributed by atoms with E-state index >= 15 is 0 Å². The highest BCUT2D eigenvalue weighted by Gasteiger charge is 2.19. The predicted molar refractivity (Wildman–Crippen MR) is 73.5 cm³/mol. The molecule has 0 saturated heterocycles. The third kappa shape index (κ3) is 3.30. The van der Waals surface area contributed by atoms with Gasteiger partial charge in [-0.15, -0.1) is 0 Å². The molecule has 0 aliphatic carbocycles. The van der Waals surface area contributed by atoms with Crippen molar-refractivity contribution in [2.24, 2.45) is 0 Å². The van der Waals surface area contributed by atoms with Crippen LogP contribution >= 0.6 is 0 Å². The summed E-state index contributed by atoms with van der Waals surface area (Å²) in [6.07, 6.45) is 0. The smallest absolute Gasteiger partial charge is 0.327 e. The van der Waals surface area contributed by atoms with E-state index in [9.17, 15) is 24.6 Å². The van der Waals surface area contributed by atoms with Crippen LogP contribution in [0.25, 0.3) is 0 Å². The number of anilines is 1. The minimum absolute atomic E-state index is 0.0199. The fourth-order valence-electron chi connectivity index (χ4n) is 1.82. The van der Waals surface area contributed by atoms with Crippen molar-refractivity contribution >= 4 is 17.1 Å². The van der Waals surface area contributed by atoms with E-state index < -0.39 is 21.4 Å². The zero-order chi connectivity index (χ0) is 15.4. The molecule has 8 heteroatoms. The molecular formula is C13H10FN3O4. The van der Waals surface area contributed by atoms with Crippen LogP contribution in [0.4, 0.5) is 21.5 Å². The molecule has 2 aromatic rings. The maximum atomic E-state index is 13.4. The summed E-state index contributed by atoms with van der Waals surface area (Å²) < 4.78 is 13.4. The fourth-order valence-corrected chi connectivity index (χ4v) is 1.82. The van der Waals surface area contributed by atoms with Gasteiger partial charge in [0.25, 0.3) is 5.69 Å². The average Bonchev–Trinajstić information content (AvgIpc) is 2.45. The van der Waals surface area contributed by atoms with Crippen LogP contribution in [0.3, 0.4) is 0 Å². The van der Waals surface area contributed by atoms with Gasteiger partial charge in [0, 0.05) is 18.7 Å². The number of para-hydroxylation sites is 1. The molecule has 0 spiro atoms. The molecule has 2 rings (SSSR count). The van der Waals surface area contributed by atoms with E-state index in [2.05, 4.69) is 5.32 Å². The molecule has 0 aliphatic rings. The van der Waals surface area contributed by atoms with Gasteiger partial charge in [-0.2, -0.15) is 4.39 Å². The van der Waals surface area contributed by atoms with Gasteiger partial charge in [0.1, 0.15) is 5.69 Å². The van der Waals surface area contributed by atoms with E-state index in [1.54, 1.807) is 6.07 Å². The van der Waals surface area contributed by atoms with Crippen LogP contribution < -0.4 is 5.32 Å². The van der Waals surface area contributed by atoms with Crippen molar-refractivity contribution in [3.8, 4) is 0 Å². The predicted octanol–water partition coefficient (Wildman–Crippen LogP) is 3.25. The third-order valence-corrected chi connectivity index (χ3v) is 2.77. The molecule has 0 bridgehead atoms. The van der Waals surface area contributed by atoms with E-state index in [0.29, 0.717) is 5.56 Å². The maximum absolute atomic E-state index is 13.4. The minimum Gasteiger partial charge on any atom is -0.375 e. The Bertz CT molecular complexity index is 706. The Morgan fingerprint density at radius 1 is 1.05 bits per heavy atom. The molecule has 1 N–H and O–H groups in total. The van der Waals surface area contributed by atoms with Crippen LogP contribution in [0.1, 0.15) is 5.56 Å². The number of hydrogen-bond acceptors (Lipinski definition) is 5. The molecule has 0 amide bonds.